The smallest absolute Gasteiger partial charge is 0.0609 e. The molecule has 1 unspecified atom stereocenters. The van der Waals surface area contributed by atoms with E-state index in [4.69, 9.17) is 0 Å². The summed E-state index contributed by atoms with van der Waals surface area (Å²) in [4.78, 5) is 0. The van der Waals surface area contributed by atoms with Crippen molar-refractivity contribution in [1.29, 1.82) is 0 Å². The van der Waals surface area contributed by atoms with Gasteiger partial charge in [-0.3, -0.25) is 4.68 Å². The number of aliphatic hydroxyl groups is 1. The van der Waals surface area contributed by atoms with Crippen LogP contribution in [-0.2, 0) is 13.0 Å². The number of aryl methyl sites for hydroxylation is 1. The molecular weight excluding hydrogens is 212 g/mol. The van der Waals surface area contributed by atoms with E-state index in [9.17, 15) is 5.11 Å². The first-order valence-electron chi connectivity index (χ1n) is 6.90. The summed E-state index contributed by atoms with van der Waals surface area (Å²) in [5.41, 5.74) is 1.15. The second kappa shape index (κ2) is 7.49. The third-order valence-electron chi connectivity index (χ3n) is 3.32. The Bertz CT molecular complexity index is 303. The van der Waals surface area contributed by atoms with Crippen LogP contribution in [0.25, 0.3) is 0 Å². The molecule has 0 aliphatic rings. The lowest BCUT2D eigenvalue weighted by atomic mass is 9.89. The Morgan fingerprint density at radius 1 is 1.24 bits per heavy atom. The highest BCUT2D eigenvalue weighted by Gasteiger charge is 2.18. The van der Waals surface area contributed by atoms with Crippen molar-refractivity contribution in [3.05, 3.63) is 18.0 Å². The van der Waals surface area contributed by atoms with E-state index in [1.165, 1.54) is 0 Å². The van der Waals surface area contributed by atoms with Gasteiger partial charge in [-0.05, 0) is 31.2 Å². The lowest BCUT2D eigenvalue weighted by molar-refractivity contribution is 0.0963. The summed E-state index contributed by atoms with van der Waals surface area (Å²) in [6, 6.07) is 0. The Morgan fingerprint density at radius 3 is 2.35 bits per heavy atom. The quantitative estimate of drug-likeness (QED) is 0.756. The van der Waals surface area contributed by atoms with Gasteiger partial charge in [-0.2, -0.15) is 5.10 Å². The molecule has 0 spiro atoms. The molecule has 1 atom stereocenters. The summed E-state index contributed by atoms with van der Waals surface area (Å²) in [6.07, 6.45) is 8.98. The van der Waals surface area contributed by atoms with Crippen LogP contribution in [0.15, 0.2) is 12.4 Å². The van der Waals surface area contributed by atoms with E-state index in [-0.39, 0.29) is 6.10 Å². The molecule has 0 fully saturated rings. The summed E-state index contributed by atoms with van der Waals surface area (Å²) in [5.74, 6) is 0.440. The fourth-order valence-corrected chi connectivity index (χ4v) is 2.36. The van der Waals surface area contributed by atoms with E-state index >= 15 is 0 Å². The van der Waals surface area contributed by atoms with Gasteiger partial charge in [-0.15, -0.1) is 0 Å². The molecule has 3 nitrogen and oxygen atoms in total. The maximum atomic E-state index is 10.3. The molecule has 0 radical (unpaired) electrons. The van der Waals surface area contributed by atoms with E-state index in [2.05, 4.69) is 25.9 Å². The van der Waals surface area contributed by atoms with Crippen LogP contribution in [0.5, 0.6) is 0 Å². The molecular formula is C14H26N2O. The zero-order valence-electron chi connectivity index (χ0n) is 11.4. The molecule has 0 aromatic carbocycles. The first-order valence-corrected chi connectivity index (χ1v) is 6.90. The minimum Gasteiger partial charge on any atom is -0.392 e. The average Bonchev–Trinajstić information content (AvgIpc) is 2.76. The Hall–Kier alpha value is -0.830. The summed E-state index contributed by atoms with van der Waals surface area (Å²) in [6.45, 7) is 7.34. The van der Waals surface area contributed by atoms with E-state index < -0.39 is 0 Å². The Morgan fingerprint density at radius 2 is 1.88 bits per heavy atom. The van der Waals surface area contributed by atoms with Gasteiger partial charge in [-0.1, -0.05) is 26.7 Å². The van der Waals surface area contributed by atoms with E-state index in [1.807, 2.05) is 17.1 Å². The summed E-state index contributed by atoms with van der Waals surface area (Å²) >= 11 is 0. The molecule has 0 aliphatic heterocycles. The third-order valence-corrected chi connectivity index (χ3v) is 3.32. The number of hydrogen-bond acceptors (Lipinski definition) is 2. The average molecular weight is 238 g/mol. The van der Waals surface area contributed by atoms with Gasteiger partial charge >= 0.3 is 0 Å². The fraction of sp³-hybridized carbons (Fsp3) is 0.786. The van der Waals surface area contributed by atoms with Crippen LogP contribution < -0.4 is 0 Å². The van der Waals surface area contributed by atoms with Gasteiger partial charge in [0.1, 0.15) is 0 Å². The lowest BCUT2D eigenvalue weighted by Gasteiger charge is -2.21. The van der Waals surface area contributed by atoms with Crippen molar-refractivity contribution in [2.24, 2.45) is 5.92 Å². The van der Waals surface area contributed by atoms with Crippen molar-refractivity contribution in [2.75, 3.05) is 0 Å². The van der Waals surface area contributed by atoms with Crippen LogP contribution >= 0.6 is 0 Å². The SMILES string of the molecule is CCCC(CCC)C(O)Cc1cnn(CC)c1. The van der Waals surface area contributed by atoms with Crippen molar-refractivity contribution in [1.82, 2.24) is 9.78 Å². The summed E-state index contributed by atoms with van der Waals surface area (Å²) < 4.78 is 1.91. The number of aromatic nitrogens is 2. The number of nitrogens with zero attached hydrogens (tertiary/aromatic N) is 2. The molecule has 0 bridgehead atoms. The second-order valence-electron chi connectivity index (χ2n) is 4.81. The van der Waals surface area contributed by atoms with Crippen molar-refractivity contribution >= 4 is 0 Å². The van der Waals surface area contributed by atoms with Gasteiger partial charge in [0.15, 0.2) is 0 Å². The molecule has 98 valence electrons. The van der Waals surface area contributed by atoms with Crippen LogP contribution in [0.3, 0.4) is 0 Å². The molecule has 0 saturated heterocycles. The van der Waals surface area contributed by atoms with Crippen molar-refractivity contribution in [3.63, 3.8) is 0 Å². The van der Waals surface area contributed by atoms with Crippen LogP contribution in [0.2, 0.25) is 0 Å². The predicted octanol–water partition coefficient (Wildman–Crippen LogP) is 3.02. The highest BCUT2D eigenvalue weighted by Crippen LogP contribution is 2.20. The van der Waals surface area contributed by atoms with Crippen LogP contribution in [-0.4, -0.2) is 21.0 Å². The Balaban J connectivity index is 2.52. The number of hydrogen-bond donors (Lipinski definition) is 1. The van der Waals surface area contributed by atoms with E-state index in [0.29, 0.717) is 5.92 Å². The van der Waals surface area contributed by atoms with Gasteiger partial charge in [0.05, 0.1) is 12.3 Å². The van der Waals surface area contributed by atoms with Gasteiger partial charge in [0.25, 0.3) is 0 Å². The largest absolute Gasteiger partial charge is 0.392 e. The van der Waals surface area contributed by atoms with E-state index in [0.717, 1.165) is 44.2 Å². The predicted molar refractivity (Wildman–Crippen MR) is 70.9 cm³/mol. The minimum atomic E-state index is -0.218. The van der Waals surface area contributed by atoms with Gasteiger partial charge < -0.3 is 5.11 Å². The van der Waals surface area contributed by atoms with Gasteiger partial charge in [-0.25, -0.2) is 0 Å². The Kier molecular flexibility index (Phi) is 6.27. The van der Waals surface area contributed by atoms with Gasteiger partial charge in [0, 0.05) is 19.2 Å². The lowest BCUT2D eigenvalue weighted by Crippen LogP contribution is -2.22. The van der Waals surface area contributed by atoms with Gasteiger partial charge in [0.2, 0.25) is 0 Å². The second-order valence-corrected chi connectivity index (χ2v) is 4.81. The first-order chi connectivity index (χ1) is 8.21. The molecule has 0 aliphatic carbocycles. The molecule has 0 amide bonds. The summed E-state index contributed by atoms with van der Waals surface area (Å²) in [7, 11) is 0. The first kappa shape index (κ1) is 14.2. The molecule has 1 rings (SSSR count). The summed E-state index contributed by atoms with van der Waals surface area (Å²) in [5, 5.41) is 14.5. The zero-order valence-corrected chi connectivity index (χ0v) is 11.4. The number of rotatable bonds is 8. The standard InChI is InChI=1S/C14H26N2O/c1-4-7-13(8-5-2)14(17)9-12-10-15-16(6-3)11-12/h10-11,13-14,17H,4-9H2,1-3H3. The van der Waals surface area contributed by atoms with Crippen LogP contribution in [0, 0.1) is 5.92 Å². The molecule has 1 heterocycles. The monoisotopic (exact) mass is 238 g/mol. The van der Waals surface area contributed by atoms with E-state index in [1.54, 1.807) is 0 Å². The highest BCUT2D eigenvalue weighted by molar-refractivity contribution is 5.05. The maximum absolute atomic E-state index is 10.3. The van der Waals surface area contributed by atoms with Crippen LogP contribution in [0.1, 0.15) is 52.0 Å². The molecule has 17 heavy (non-hydrogen) atoms. The fourth-order valence-electron chi connectivity index (χ4n) is 2.36. The molecule has 3 heteroatoms. The molecule has 1 aromatic rings. The molecule has 1 N–H and O–H groups in total. The molecule has 1 aromatic heterocycles. The normalized spacial score (nSPS) is 13.2. The van der Waals surface area contributed by atoms with Crippen molar-refractivity contribution < 1.29 is 5.11 Å². The number of aliphatic hydroxyl groups excluding tert-OH is 1. The van der Waals surface area contributed by atoms with Crippen LogP contribution in [0.4, 0.5) is 0 Å². The zero-order chi connectivity index (χ0) is 12.7. The van der Waals surface area contributed by atoms with Crippen molar-refractivity contribution in [2.45, 2.75) is 65.5 Å². The highest BCUT2D eigenvalue weighted by atomic mass is 16.3. The maximum Gasteiger partial charge on any atom is 0.0609 e. The minimum absolute atomic E-state index is 0.218. The van der Waals surface area contributed by atoms with Crippen molar-refractivity contribution in [3.8, 4) is 0 Å². The Labute approximate surface area is 105 Å². The third kappa shape index (κ3) is 4.50. The topological polar surface area (TPSA) is 38.1 Å². The molecule has 0 saturated carbocycles.